The molecular formula is C11H21N3O2. The summed E-state index contributed by atoms with van der Waals surface area (Å²) in [6.07, 6.45) is 0. The largest absolute Gasteiger partial charge is 0.336 e. The van der Waals surface area contributed by atoms with Crippen LogP contribution in [0.2, 0.25) is 0 Å². The Labute approximate surface area is 96.6 Å². The van der Waals surface area contributed by atoms with E-state index in [0.29, 0.717) is 19.6 Å². The van der Waals surface area contributed by atoms with Crippen LogP contribution in [0.1, 0.15) is 20.8 Å². The molecule has 92 valence electrons. The van der Waals surface area contributed by atoms with Crippen LogP contribution in [0.4, 0.5) is 0 Å². The highest BCUT2D eigenvalue weighted by Crippen LogP contribution is 2.18. The lowest BCUT2D eigenvalue weighted by atomic mass is 9.87. The quantitative estimate of drug-likeness (QED) is 0.656. The summed E-state index contributed by atoms with van der Waals surface area (Å²) in [4.78, 5) is 26.1. The minimum atomic E-state index is -0.438. The Morgan fingerprint density at radius 1 is 1.25 bits per heavy atom. The molecule has 1 atom stereocenters. The van der Waals surface area contributed by atoms with E-state index in [1.807, 2.05) is 20.8 Å². The van der Waals surface area contributed by atoms with Gasteiger partial charge in [0.2, 0.25) is 0 Å². The summed E-state index contributed by atoms with van der Waals surface area (Å²) in [6, 6.07) is -0.118. The first kappa shape index (κ1) is 13.0. The minimum Gasteiger partial charge on any atom is -0.336 e. The molecule has 16 heavy (non-hydrogen) atoms. The van der Waals surface area contributed by atoms with Crippen molar-refractivity contribution in [3.05, 3.63) is 0 Å². The number of piperazine rings is 1. The lowest BCUT2D eigenvalue weighted by Gasteiger charge is -2.36. The van der Waals surface area contributed by atoms with Crippen LogP contribution in [0.15, 0.2) is 0 Å². The number of nitrogens with zero attached hydrogens (tertiary/aromatic N) is 2. The Hall–Kier alpha value is -1.10. The first-order chi connectivity index (χ1) is 7.23. The predicted molar refractivity (Wildman–Crippen MR) is 61.6 cm³/mol. The van der Waals surface area contributed by atoms with Crippen LogP contribution < -0.4 is 5.73 Å². The van der Waals surface area contributed by atoms with E-state index in [-0.39, 0.29) is 11.5 Å². The van der Waals surface area contributed by atoms with Crippen molar-refractivity contribution in [3.63, 3.8) is 0 Å². The van der Waals surface area contributed by atoms with Gasteiger partial charge < -0.3 is 15.5 Å². The molecule has 1 saturated heterocycles. The average molecular weight is 227 g/mol. The Balaban J connectivity index is 2.63. The third-order valence-corrected chi connectivity index (χ3v) is 3.05. The lowest BCUT2D eigenvalue weighted by Crippen LogP contribution is -2.57. The van der Waals surface area contributed by atoms with Gasteiger partial charge in [-0.1, -0.05) is 20.8 Å². The van der Waals surface area contributed by atoms with E-state index in [9.17, 15) is 9.59 Å². The van der Waals surface area contributed by atoms with Gasteiger partial charge in [0.1, 0.15) is 0 Å². The third-order valence-electron chi connectivity index (χ3n) is 3.05. The van der Waals surface area contributed by atoms with E-state index in [2.05, 4.69) is 0 Å². The summed E-state index contributed by atoms with van der Waals surface area (Å²) in [7, 11) is 1.64. The molecule has 1 aliphatic rings. The Morgan fingerprint density at radius 3 is 2.31 bits per heavy atom. The van der Waals surface area contributed by atoms with Crippen LogP contribution in [0, 0.1) is 5.41 Å². The Kier molecular flexibility index (Phi) is 3.57. The first-order valence-electron chi connectivity index (χ1n) is 5.53. The number of carbonyl (C=O) groups excluding carboxylic acids is 2. The van der Waals surface area contributed by atoms with Crippen molar-refractivity contribution in [2.24, 2.45) is 11.1 Å². The van der Waals surface area contributed by atoms with E-state index in [1.165, 1.54) is 4.90 Å². The van der Waals surface area contributed by atoms with Crippen LogP contribution in [-0.2, 0) is 9.59 Å². The van der Waals surface area contributed by atoms with Crippen LogP contribution in [0.3, 0.4) is 0 Å². The normalized spacial score (nSPS) is 20.3. The highest BCUT2D eigenvalue weighted by Gasteiger charge is 2.33. The molecule has 0 aromatic carbocycles. The number of hydrogen-bond acceptors (Lipinski definition) is 3. The molecule has 0 aromatic rings. The highest BCUT2D eigenvalue weighted by molar-refractivity contribution is 6.35. The van der Waals surface area contributed by atoms with Gasteiger partial charge in [-0.15, -0.1) is 0 Å². The van der Waals surface area contributed by atoms with Crippen molar-refractivity contribution in [3.8, 4) is 0 Å². The molecule has 0 radical (unpaired) electrons. The standard InChI is InChI=1S/C11H21N3O2/c1-11(2,3)8(12)7-14-6-5-13(4)9(15)10(14)16/h8H,5-7,12H2,1-4H3. The summed E-state index contributed by atoms with van der Waals surface area (Å²) in [5, 5.41) is 0. The summed E-state index contributed by atoms with van der Waals surface area (Å²) >= 11 is 0. The van der Waals surface area contributed by atoms with Gasteiger partial charge >= 0.3 is 11.8 Å². The second kappa shape index (κ2) is 4.41. The molecule has 2 amide bonds. The fourth-order valence-electron chi connectivity index (χ4n) is 1.46. The van der Waals surface area contributed by atoms with Gasteiger partial charge in [0.05, 0.1) is 0 Å². The van der Waals surface area contributed by atoms with Crippen molar-refractivity contribution in [2.45, 2.75) is 26.8 Å². The number of amides is 2. The molecule has 1 heterocycles. The number of nitrogens with two attached hydrogens (primary N) is 1. The molecule has 0 aromatic heterocycles. The smallest absolute Gasteiger partial charge is 0.312 e. The van der Waals surface area contributed by atoms with Crippen LogP contribution in [0.5, 0.6) is 0 Å². The summed E-state index contributed by atoms with van der Waals surface area (Å²) < 4.78 is 0. The zero-order valence-corrected chi connectivity index (χ0v) is 10.5. The van der Waals surface area contributed by atoms with Gasteiger partial charge in [0.15, 0.2) is 0 Å². The van der Waals surface area contributed by atoms with Gasteiger partial charge in [0.25, 0.3) is 0 Å². The fraction of sp³-hybridized carbons (Fsp3) is 0.818. The molecule has 1 aliphatic heterocycles. The minimum absolute atomic E-state index is 0.0628. The number of carbonyl (C=O) groups is 2. The van der Waals surface area contributed by atoms with Crippen molar-refractivity contribution in [1.82, 2.24) is 9.80 Å². The van der Waals surface area contributed by atoms with E-state index in [0.717, 1.165) is 0 Å². The van der Waals surface area contributed by atoms with Crippen LogP contribution in [0.25, 0.3) is 0 Å². The molecule has 1 unspecified atom stereocenters. The Morgan fingerprint density at radius 2 is 1.81 bits per heavy atom. The maximum Gasteiger partial charge on any atom is 0.312 e. The van der Waals surface area contributed by atoms with Gasteiger partial charge in [-0.3, -0.25) is 9.59 Å². The molecule has 2 N–H and O–H groups in total. The highest BCUT2D eigenvalue weighted by atomic mass is 16.2. The number of rotatable bonds is 2. The van der Waals surface area contributed by atoms with E-state index in [4.69, 9.17) is 5.73 Å². The molecule has 0 aliphatic carbocycles. The van der Waals surface area contributed by atoms with Gasteiger partial charge in [-0.25, -0.2) is 0 Å². The fourth-order valence-corrected chi connectivity index (χ4v) is 1.46. The molecule has 1 fully saturated rings. The summed E-state index contributed by atoms with van der Waals surface area (Å²) in [6.45, 7) is 7.69. The molecule has 0 bridgehead atoms. The zero-order chi connectivity index (χ0) is 12.5. The first-order valence-corrected chi connectivity index (χ1v) is 5.53. The van der Waals surface area contributed by atoms with Gasteiger partial charge in [-0.2, -0.15) is 0 Å². The topological polar surface area (TPSA) is 66.6 Å². The van der Waals surface area contributed by atoms with Crippen molar-refractivity contribution in [1.29, 1.82) is 0 Å². The van der Waals surface area contributed by atoms with Crippen molar-refractivity contribution < 1.29 is 9.59 Å². The Bertz CT molecular complexity index is 296. The second-order valence-corrected chi connectivity index (χ2v) is 5.45. The maximum absolute atomic E-state index is 11.7. The molecule has 0 saturated carbocycles. The van der Waals surface area contributed by atoms with Crippen LogP contribution in [-0.4, -0.2) is 54.3 Å². The number of hydrogen-bond donors (Lipinski definition) is 1. The average Bonchev–Trinajstić information content (AvgIpc) is 2.17. The zero-order valence-electron chi connectivity index (χ0n) is 10.5. The molecule has 5 heteroatoms. The van der Waals surface area contributed by atoms with E-state index < -0.39 is 11.8 Å². The lowest BCUT2D eigenvalue weighted by molar-refractivity contribution is -0.155. The maximum atomic E-state index is 11.7. The molecular weight excluding hydrogens is 206 g/mol. The summed E-state index contributed by atoms with van der Waals surface area (Å²) in [5.41, 5.74) is 5.94. The van der Waals surface area contributed by atoms with Crippen LogP contribution >= 0.6 is 0 Å². The van der Waals surface area contributed by atoms with E-state index >= 15 is 0 Å². The second-order valence-electron chi connectivity index (χ2n) is 5.45. The monoisotopic (exact) mass is 227 g/mol. The number of likely N-dealkylation sites (N-methyl/N-ethyl adjacent to an activating group) is 1. The molecule has 5 nitrogen and oxygen atoms in total. The SMILES string of the molecule is CN1CCN(CC(N)C(C)(C)C)C(=O)C1=O. The van der Waals surface area contributed by atoms with Crippen molar-refractivity contribution >= 4 is 11.8 Å². The molecule has 0 spiro atoms. The van der Waals surface area contributed by atoms with Gasteiger partial charge in [0, 0.05) is 32.7 Å². The predicted octanol–water partition coefficient (Wildman–Crippen LogP) is -0.340. The van der Waals surface area contributed by atoms with Gasteiger partial charge in [-0.05, 0) is 5.41 Å². The third kappa shape index (κ3) is 2.72. The molecule has 1 rings (SSSR count). The summed E-state index contributed by atoms with van der Waals surface area (Å²) in [5.74, 6) is -0.874. The van der Waals surface area contributed by atoms with Crippen molar-refractivity contribution in [2.75, 3.05) is 26.7 Å². The van der Waals surface area contributed by atoms with E-state index in [1.54, 1.807) is 11.9 Å².